The van der Waals surface area contributed by atoms with Crippen LogP contribution in [-0.4, -0.2) is 68.5 Å². The fourth-order valence-corrected chi connectivity index (χ4v) is 7.68. The highest BCUT2D eigenvalue weighted by Crippen LogP contribution is 2.38. The van der Waals surface area contributed by atoms with Crippen LogP contribution in [0, 0.1) is 0 Å². The van der Waals surface area contributed by atoms with Gasteiger partial charge in [0.2, 0.25) is 5.91 Å². The molecule has 0 radical (unpaired) electrons. The number of carbonyl (C=O) groups is 1. The van der Waals surface area contributed by atoms with Gasteiger partial charge in [-0.3, -0.25) is 9.36 Å². The monoisotopic (exact) mass is 801 g/mol. The Labute approximate surface area is 342 Å². The summed E-state index contributed by atoms with van der Waals surface area (Å²) < 4.78 is 22.9. The highest BCUT2D eigenvalue weighted by Gasteiger charge is 2.23. The lowest BCUT2D eigenvalue weighted by molar-refractivity contribution is -0.870. The number of quaternary nitrogens is 1. The molecular weight excluding hydrogens is 707 g/mol. The molecule has 0 fully saturated rings. The number of amides is 1. The Morgan fingerprint density at radius 1 is 0.618 bits per heavy atom. The first-order chi connectivity index (χ1) is 26.5. The van der Waals surface area contributed by atoms with E-state index in [0.717, 1.165) is 32.1 Å². The van der Waals surface area contributed by atoms with Gasteiger partial charge in [0.05, 0.1) is 39.9 Å². The van der Waals surface area contributed by atoms with E-state index in [1.807, 2.05) is 34.1 Å². The van der Waals surface area contributed by atoms with Crippen LogP contribution in [0.1, 0.15) is 226 Å². The number of aliphatic hydroxyl groups is 1. The molecule has 0 aromatic carbocycles. The first kappa shape index (κ1) is 54.2. The van der Waals surface area contributed by atoms with Crippen LogP contribution in [0.5, 0.6) is 0 Å². The average molecular weight is 801 g/mol. The summed E-state index contributed by atoms with van der Waals surface area (Å²) in [6, 6.07) is -0.876. The third-order valence-electron chi connectivity index (χ3n) is 10.7. The number of hydrogen-bond acceptors (Lipinski definition) is 6. The molecule has 8 nitrogen and oxygen atoms in total. The first-order valence-electron chi connectivity index (χ1n) is 23.6. The minimum absolute atomic E-state index is 0.0000546. The molecule has 0 aliphatic carbocycles. The predicted molar refractivity (Wildman–Crippen MR) is 233 cm³/mol. The number of phosphoric acid groups is 1. The molecule has 9 heteroatoms. The molecule has 0 aliphatic heterocycles. The Morgan fingerprint density at radius 2 is 0.982 bits per heavy atom. The summed E-state index contributed by atoms with van der Waals surface area (Å²) >= 11 is 0. The number of nitrogens with one attached hydrogen (secondary N) is 1. The summed E-state index contributed by atoms with van der Waals surface area (Å²) in [5, 5.41) is 13.5. The van der Waals surface area contributed by atoms with Gasteiger partial charge in [0.15, 0.2) is 0 Å². The van der Waals surface area contributed by atoms with Gasteiger partial charge >= 0.3 is 0 Å². The zero-order chi connectivity index (χ0) is 40.7. The summed E-state index contributed by atoms with van der Waals surface area (Å²) in [6.45, 7) is 4.41. The zero-order valence-electron chi connectivity index (χ0n) is 37.1. The van der Waals surface area contributed by atoms with Crippen LogP contribution >= 0.6 is 7.82 Å². The molecule has 3 unspecified atom stereocenters. The Balaban J connectivity index is 3.74. The van der Waals surface area contributed by atoms with Crippen molar-refractivity contribution in [2.24, 2.45) is 0 Å². The van der Waals surface area contributed by atoms with Crippen molar-refractivity contribution in [2.75, 3.05) is 40.9 Å². The lowest BCUT2D eigenvalue weighted by atomic mass is 10.0. The number of likely N-dealkylation sites (N-methyl/N-ethyl adjacent to an activating group) is 1. The van der Waals surface area contributed by atoms with Gasteiger partial charge in [-0.15, -0.1) is 0 Å². The standard InChI is InChI=1S/C46H93N2O6P/c1-6-8-10-11-12-13-14-15-16-17-18-19-20-21-22-23-24-25-26-27-28-29-30-31-32-33-34-35-36-37-38-39-45(49)44(47-46(50)40-9-7-2)43-54-55(51,52)53-42-41-48(3,4)5/h38-39,44-45,49H,6-37,40-43H2,1-5H3,(H-,47,50,51,52)/b39-38+. The second-order valence-corrected chi connectivity index (χ2v) is 18.9. The van der Waals surface area contributed by atoms with Crippen molar-refractivity contribution in [3.63, 3.8) is 0 Å². The molecule has 0 spiro atoms. The fraction of sp³-hybridized carbons (Fsp3) is 0.935. The molecule has 0 aliphatic rings. The van der Waals surface area contributed by atoms with Crippen LogP contribution in [-0.2, 0) is 18.4 Å². The normalized spacial score (nSPS) is 14.4. The zero-order valence-corrected chi connectivity index (χ0v) is 38.0. The predicted octanol–water partition coefficient (Wildman–Crippen LogP) is 12.5. The van der Waals surface area contributed by atoms with Crippen molar-refractivity contribution in [1.82, 2.24) is 5.32 Å². The number of allylic oxidation sites excluding steroid dienone is 1. The van der Waals surface area contributed by atoms with Crippen molar-refractivity contribution >= 4 is 13.7 Å². The number of unbranched alkanes of at least 4 members (excludes halogenated alkanes) is 30. The Morgan fingerprint density at radius 3 is 1.35 bits per heavy atom. The third kappa shape index (κ3) is 41.2. The van der Waals surface area contributed by atoms with Gasteiger partial charge in [0.25, 0.3) is 7.82 Å². The molecule has 0 saturated carbocycles. The van der Waals surface area contributed by atoms with Crippen LogP contribution in [0.3, 0.4) is 0 Å². The lowest BCUT2D eigenvalue weighted by Gasteiger charge is -2.29. The highest BCUT2D eigenvalue weighted by atomic mass is 31.2. The van der Waals surface area contributed by atoms with Crippen molar-refractivity contribution in [3.8, 4) is 0 Å². The van der Waals surface area contributed by atoms with Gasteiger partial charge < -0.3 is 28.8 Å². The Bertz CT molecular complexity index is 911. The second-order valence-electron chi connectivity index (χ2n) is 17.5. The van der Waals surface area contributed by atoms with Gasteiger partial charge in [-0.1, -0.05) is 212 Å². The number of aliphatic hydroxyl groups excluding tert-OH is 1. The largest absolute Gasteiger partial charge is 0.756 e. The van der Waals surface area contributed by atoms with Crippen LogP contribution in [0.4, 0.5) is 0 Å². The summed E-state index contributed by atoms with van der Waals surface area (Å²) in [6.07, 6.45) is 45.6. The molecule has 328 valence electrons. The van der Waals surface area contributed by atoms with E-state index in [0.29, 0.717) is 17.4 Å². The fourth-order valence-electron chi connectivity index (χ4n) is 6.96. The number of hydrogen-bond donors (Lipinski definition) is 2. The number of carbonyl (C=O) groups excluding carboxylic acids is 1. The van der Waals surface area contributed by atoms with Crippen LogP contribution in [0.25, 0.3) is 0 Å². The summed E-state index contributed by atoms with van der Waals surface area (Å²) in [5.74, 6) is -0.231. The minimum Gasteiger partial charge on any atom is -0.756 e. The van der Waals surface area contributed by atoms with Crippen molar-refractivity contribution in [1.29, 1.82) is 0 Å². The smallest absolute Gasteiger partial charge is 0.268 e. The minimum atomic E-state index is -4.56. The van der Waals surface area contributed by atoms with Gasteiger partial charge in [-0.2, -0.15) is 0 Å². The molecule has 0 aromatic heterocycles. The molecule has 0 bridgehead atoms. The van der Waals surface area contributed by atoms with Crippen molar-refractivity contribution < 1.29 is 32.9 Å². The van der Waals surface area contributed by atoms with E-state index in [-0.39, 0.29) is 19.1 Å². The van der Waals surface area contributed by atoms with Crippen LogP contribution in [0.15, 0.2) is 12.2 Å². The molecule has 2 N–H and O–H groups in total. The first-order valence-corrected chi connectivity index (χ1v) is 25.0. The average Bonchev–Trinajstić information content (AvgIpc) is 3.14. The number of phosphoric ester groups is 1. The molecule has 1 amide bonds. The van der Waals surface area contributed by atoms with E-state index in [9.17, 15) is 19.4 Å². The molecular formula is C46H93N2O6P. The van der Waals surface area contributed by atoms with E-state index in [1.54, 1.807) is 6.08 Å². The van der Waals surface area contributed by atoms with Crippen molar-refractivity contribution in [3.05, 3.63) is 12.2 Å². The molecule has 0 rings (SSSR count). The third-order valence-corrected chi connectivity index (χ3v) is 11.7. The molecule has 3 atom stereocenters. The molecule has 0 aromatic rings. The van der Waals surface area contributed by atoms with Gasteiger partial charge in [0, 0.05) is 6.42 Å². The van der Waals surface area contributed by atoms with E-state index in [1.165, 1.54) is 173 Å². The van der Waals surface area contributed by atoms with Crippen LogP contribution in [0.2, 0.25) is 0 Å². The van der Waals surface area contributed by atoms with E-state index < -0.39 is 20.0 Å². The lowest BCUT2D eigenvalue weighted by Crippen LogP contribution is -2.45. The maximum absolute atomic E-state index is 12.4. The molecule has 0 heterocycles. The second kappa shape index (κ2) is 38.7. The van der Waals surface area contributed by atoms with Crippen molar-refractivity contribution in [2.45, 2.75) is 238 Å². The summed E-state index contributed by atoms with van der Waals surface area (Å²) in [5.41, 5.74) is 0. The van der Waals surface area contributed by atoms with Gasteiger partial charge in [-0.25, -0.2) is 0 Å². The topological polar surface area (TPSA) is 108 Å². The summed E-state index contributed by atoms with van der Waals surface area (Å²) in [7, 11) is 1.26. The van der Waals surface area contributed by atoms with Gasteiger partial charge in [0.1, 0.15) is 13.2 Å². The maximum Gasteiger partial charge on any atom is 0.268 e. The molecule has 55 heavy (non-hydrogen) atoms. The van der Waals surface area contributed by atoms with Crippen LogP contribution < -0.4 is 10.2 Å². The van der Waals surface area contributed by atoms with Gasteiger partial charge in [-0.05, 0) is 19.3 Å². The Kier molecular flexibility index (Phi) is 38.2. The van der Waals surface area contributed by atoms with E-state index >= 15 is 0 Å². The highest BCUT2D eigenvalue weighted by molar-refractivity contribution is 7.45. The number of rotatable bonds is 43. The van der Waals surface area contributed by atoms with E-state index in [4.69, 9.17) is 9.05 Å². The van der Waals surface area contributed by atoms with E-state index in [2.05, 4.69) is 12.2 Å². The summed E-state index contributed by atoms with van der Waals surface area (Å²) in [4.78, 5) is 24.6. The maximum atomic E-state index is 12.4. The number of nitrogens with zero attached hydrogens (tertiary/aromatic N) is 1. The quantitative estimate of drug-likeness (QED) is 0.0275. The molecule has 0 saturated heterocycles. The SMILES string of the molecule is CCCCCCCCCCCCCCCCCCCCCCCCCCCCCCC/C=C/C(O)C(COP(=O)([O-])OCC[N+](C)(C)C)NC(=O)CCCC. The Hall–Kier alpha value is -0.760.